The van der Waals surface area contributed by atoms with Gasteiger partial charge in [-0.3, -0.25) is 14.4 Å². The van der Waals surface area contributed by atoms with Gasteiger partial charge in [0, 0.05) is 19.3 Å². The van der Waals surface area contributed by atoms with E-state index >= 15 is 0 Å². The molecule has 6 heteroatoms. The molecule has 0 aromatic rings. The topological polar surface area (TPSA) is 78.9 Å². The van der Waals surface area contributed by atoms with Crippen molar-refractivity contribution in [1.82, 2.24) is 0 Å². The Hall–Kier alpha value is -4.19. The van der Waals surface area contributed by atoms with Gasteiger partial charge in [-0.25, -0.2) is 0 Å². The van der Waals surface area contributed by atoms with Gasteiger partial charge in [-0.15, -0.1) is 0 Å². The minimum Gasteiger partial charge on any atom is -0.462 e. The van der Waals surface area contributed by atoms with Crippen molar-refractivity contribution in [3.05, 3.63) is 122 Å². The van der Waals surface area contributed by atoms with E-state index in [2.05, 4.69) is 142 Å². The second kappa shape index (κ2) is 62.4. The lowest BCUT2D eigenvalue weighted by atomic mass is 10.0. The van der Waals surface area contributed by atoms with Gasteiger partial charge in [0.05, 0.1) is 0 Å². The summed E-state index contributed by atoms with van der Waals surface area (Å²) in [6, 6.07) is 0. The SMILES string of the molecule is CC/C=C\C/C=C\C/C=C\C/C=C\C/C=C\C/C=C\CCCCCCCCC(=O)OCC(COC(=O)CCCCCCCCCCCCCCC)OC(=O)CCCCCCCC/C=C\C/C=C\C/C=C\C/C=C\CC. The predicted molar refractivity (Wildman–Crippen MR) is 325 cm³/mol. The van der Waals surface area contributed by atoms with Gasteiger partial charge in [0.15, 0.2) is 6.10 Å². The normalized spacial score (nSPS) is 12.9. The predicted octanol–water partition coefficient (Wildman–Crippen LogP) is 21.2. The molecule has 0 radical (unpaired) electrons. The highest BCUT2D eigenvalue weighted by atomic mass is 16.6. The van der Waals surface area contributed by atoms with Crippen molar-refractivity contribution in [1.29, 1.82) is 0 Å². The number of hydrogen-bond donors (Lipinski definition) is 0. The van der Waals surface area contributed by atoms with Crippen LogP contribution >= 0.6 is 0 Å². The molecule has 6 nitrogen and oxygen atoms in total. The number of allylic oxidation sites excluding steroid dienone is 20. The molecule has 0 aliphatic carbocycles. The molecule has 1 unspecified atom stereocenters. The van der Waals surface area contributed by atoms with E-state index in [1.54, 1.807) is 0 Å². The zero-order valence-electron chi connectivity index (χ0n) is 48.8. The van der Waals surface area contributed by atoms with Gasteiger partial charge in [-0.2, -0.15) is 0 Å². The summed E-state index contributed by atoms with van der Waals surface area (Å²) in [5.74, 6) is -0.914. The summed E-state index contributed by atoms with van der Waals surface area (Å²) >= 11 is 0. The third-order valence-corrected chi connectivity index (χ3v) is 13.0. The molecule has 75 heavy (non-hydrogen) atoms. The van der Waals surface area contributed by atoms with Crippen molar-refractivity contribution in [2.75, 3.05) is 13.2 Å². The lowest BCUT2D eigenvalue weighted by Gasteiger charge is -2.18. The number of esters is 3. The summed E-state index contributed by atoms with van der Waals surface area (Å²) in [4.78, 5) is 38.3. The number of carbonyl (C=O) groups is 3. The maximum absolute atomic E-state index is 12.9. The number of ether oxygens (including phenoxy) is 3. The second-order valence-corrected chi connectivity index (χ2v) is 20.2. The number of unbranched alkanes of at least 4 members (excludes halogenated alkanes) is 24. The summed E-state index contributed by atoms with van der Waals surface area (Å²) in [7, 11) is 0. The van der Waals surface area contributed by atoms with Crippen LogP contribution in [-0.4, -0.2) is 37.2 Å². The Kier molecular flexibility index (Phi) is 58.9. The zero-order chi connectivity index (χ0) is 54.3. The molecule has 0 heterocycles. The van der Waals surface area contributed by atoms with E-state index in [9.17, 15) is 14.4 Å². The van der Waals surface area contributed by atoms with Crippen molar-refractivity contribution in [3.63, 3.8) is 0 Å². The van der Waals surface area contributed by atoms with Crippen LogP contribution in [0.25, 0.3) is 0 Å². The molecule has 0 amide bonds. The summed E-state index contributed by atoms with van der Waals surface area (Å²) in [6.45, 7) is 6.40. The van der Waals surface area contributed by atoms with Crippen LogP contribution in [0, 0.1) is 0 Å². The van der Waals surface area contributed by atoms with Crippen molar-refractivity contribution in [2.45, 2.75) is 284 Å². The Labute approximate surface area is 462 Å². The second-order valence-electron chi connectivity index (χ2n) is 20.2. The number of hydrogen-bond acceptors (Lipinski definition) is 6. The monoisotopic (exact) mass is 1040 g/mol. The van der Waals surface area contributed by atoms with Crippen LogP contribution in [-0.2, 0) is 28.6 Å². The average Bonchev–Trinajstić information content (AvgIpc) is 3.41. The highest BCUT2D eigenvalue weighted by Crippen LogP contribution is 2.15. The summed E-state index contributed by atoms with van der Waals surface area (Å²) in [5, 5.41) is 0. The first-order valence-electron chi connectivity index (χ1n) is 31.0. The molecule has 0 aromatic carbocycles. The third-order valence-electron chi connectivity index (χ3n) is 13.0. The Morgan fingerprint density at radius 1 is 0.280 bits per heavy atom. The van der Waals surface area contributed by atoms with Crippen molar-refractivity contribution in [3.8, 4) is 0 Å². The van der Waals surface area contributed by atoms with E-state index in [4.69, 9.17) is 14.2 Å². The van der Waals surface area contributed by atoms with Crippen molar-refractivity contribution in [2.24, 2.45) is 0 Å². The van der Waals surface area contributed by atoms with Crippen molar-refractivity contribution < 1.29 is 28.6 Å². The molecule has 0 aromatic heterocycles. The van der Waals surface area contributed by atoms with Gasteiger partial charge in [-0.05, 0) is 109 Å². The maximum atomic E-state index is 12.9. The van der Waals surface area contributed by atoms with Gasteiger partial charge >= 0.3 is 17.9 Å². The van der Waals surface area contributed by atoms with Crippen molar-refractivity contribution >= 4 is 17.9 Å². The molecule has 0 saturated heterocycles. The Balaban J connectivity index is 4.41. The molecule has 0 N–H and O–H groups in total. The Morgan fingerprint density at radius 3 is 0.813 bits per heavy atom. The minimum atomic E-state index is -0.795. The van der Waals surface area contributed by atoms with Crippen LogP contribution in [0.5, 0.6) is 0 Å². The molecular formula is C69H114O6. The molecule has 0 aliphatic rings. The van der Waals surface area contributed by atoms with E-state index in [1.807, 2.05) is 0 Å². The van der Waals surface area contributed by atoms with Gasteiger partial charge in [-0.1, -0.05) is 271 Å². The van der Waals surface area contributed by atoms with Gasteiger partial charge < -0.3 is 14.2 Å². The van der Waals surface area contributed by atoms with Crippen LogP contribution in [0.15, 0.2) is 122 Å². The van der Waals surface area contributed by atoms with Crippen LogP contribution < -0.4 is 0 Å². The van der Waals surface area contributed by atoms with E-state index in [0.717, 1.165) is 148 Å². The molecular weight excluding hydrogens is 925 g/mol. The fourth-order valence-corrected chi connectivity index (χ4v) is 8.38. The van der Waals surface area contributed by atoms with Gasteiger partial charge in [0.25, 0.3) is 0 Å². The van der Waals surface area contributed by atoms with Crippen LogP contribution in [0.1, 0.15) is 278 Å². The van der Waals surface area contributed by atoms with E-state index in [0.29, 0.717) is 19.3 Å². The zero-order valence-corrected chi connectivity index (χ0v) is 48.8. The fourth-order valence-electron chi connectivity index (χ4n) is 8.38. The first-order valence-corrected chi connectivity index (χ1v) is 31.0. The smallest absolute Gasteiger partial charge is 0.306 e. The Morgan fingerprint density at radius 2 is 0.520 bits per heavy atom. The molecule has 0 aliphatic heterocycles. The Bertz CT molecular complexity index is 1570. The van der Waals surface area contributed by atoms with E-state index in [-0.39, 0.29) is 31.1 Å². The highest BCUT2D eigenvalue weighted by Gasteiger charge is 2.19. The largest absolute Gasteiger partial charge is 0.462 e. The molecule has 1 atom stereocenters. The summed E-state index contributed by atoms with van der Waals surface area (Å²) in [5.41, 5.74) is 0. The minimum absolute atomic E-state index is 0.0891. The summed E-state index contributed by atoms with van der Waals surface area (Å²) in [6.07, 6.45) is 86.2. The lowest BCUT2D eigenvalue weighted by Crippen LogP contribution is -2.30. The highest BCUT2D eigenvalue weighted by molar-refractivity contribution is 5.71. The first kappa shape index (κ1) is 70.8. The third kappa shape index (κ3) is 60.6. The standard InChI is InChI=1S/C69H114O6/c1-4-7-10-13-16-19-22-25-27-29-31-32-33-34-35-36-38-39-41-44-47-50-53-56-59-62-68(71)74-65-66(64-73-67(70)61-58-55-52-49-46-43-24-21-18-15-12-9-6-3)75-69(72)63-60-57-54-51-48-45-42-40-37-30-28-26-23-20-17-14-11-8-5-2/h7-8,10-11,16-17,19-20,25-28,31-32,34-35,37-40,66H,4-6,9,12-15,18,21-24,29-30,33,36,41-65H2,1-3H3/b10-7-,11-8-,19-16-,20-17-,27-25-,28-26-,32-31-,35-34-,39-38-,40-37-. The lowest BCUT2D eigenvalue weighted by molar-refractivity contribution is -0.167. The molecule has 0 spiro atoms. The molecule has 426 valence electrons. The fraction of sp³-hybridized carbons (Fsp3) is 0.667. The first-order chi connectivity index (χ1) is 37.0. The van der Waals surface area contributed by atoms with Crippen LogP contribution in [0.2, 0.25) is 0 Å². The van der Waals surface area contributed by atoms with Crippen LogP contribution in [0.3, 0.4) is 0 Å². The van der Waals surface area contributed by atoms with Gasteiger partial charge in [0.2, 0.25) is 0 Å². The quantitative estimate of drug-likeness (QED) is 0.0261. The molecule has 0 bridgehead atoms. The van der Waals surface area contributed by atoms with E-state index < -0.39 is 6.10 Å². The van der Waals surface area contributed by atoms with Gasteiger partial charge in [0.1, 0.15) is 13.2 Å². The molecule has 0 saturated carbocycles. The number of carbonyl (C=O) groups excluding carboxylic acids is 3. The van der Waals surface area contributed by atoms with E-state index in [1.165, 1.54) is 89.9 Å². The van der Waals surface area contributed by atoms with Crippen LogP contribution in [0.4, 0.5) is 0 Å². The number of rotatable bonds is 55. The average molecular weight is 1040 g/mol. The molecule has 0 rings (SSSR count). The maximum Gasteiger partial charge on any atom is 0.306 e. The summed E-state index contributed by atoms with van der Waals surface area (Å²) < 4.78 is 16.9. The molecule has 0 fully saturated rings.